The van der Waals surface area contributed by atoms with E-state index in [1.165, 1.54) is 18.2 Å². The van der Waals surface area contributed by atoms with Crippen molar-refractivity contribution in [2.75, 3.05) is 10.6 Å². The number of hydrogen-bond acceptors (Lipinski definition) is 3. The first-order chi connectivity index (χ1) is 13.1. The number of carbonyl (C=O) groups is 1. The third kappa shape index (κ3) is 5.67. The highest BCUT2D eigenvalue weighted by Crippen LogP contribution is 2.34. The van der Waals surface area contributed by atoms with Gasteiger partial charge in [0.25, 0.3) is 0 Å². The molecule has 2 rings (SSSR count). The average molecular weight is 463 g/mol. The number of carboxylic acids is 1. The van der Waals surface area contributed by atoms with Crippen molar-refractivity contribution in [1.82, 2.24) is 4.98 Å². The maximum Gasteiger partial charge on any atom is 0.418 e. The number of hydrogen-bond donors (Lipinski definition) is 2. The Morgan fingerprint density at radius 1 is 1.21 bits per heavy atom. The van der Waals surface area contributed by atoms with Gasteiger partial charge in [0.2, 0.25) is 0 Å². The second-order valence-electron chi connectivity index (χ2n) is 6.25. The molecule has 0 unspecified atom stereocenters. The molecule has 0 aliphatic rings. The number of nitrogens with zero attached hydrogens (tertiary/aromatic N) is 1. The fraction of sp³-hybridized carbons (Fsp3) is 0.368. The summed E-state index contributed by atoms with van der Waals surface area (Å²) in [6, 6.07) is 4.51. The summed E-state index contributed by atoms with van der Waals surface area (Å²) in [5.41, 5.74) is -1.04. The Kier molecular flexibility index (Phi) is 7.40. The minimum absolute atomic E-state index is 0.216. The number of benzene rings is 1. The molecule has 0 amide bonds. The van der Waals surface area contributed by atoms with Crippen molar-refractivity contribution in [3.05, 3.63) is 52.5 Å². The van der Waals surface area contributed by atoms with Gasteiger partial charge in [0, 0.05) is 11.0 Å². The van der Waals surface area contributed by atoms with E-state index in [-0.39, 0.29) is 11.5 Å². The number of aryl methyl sites for hydroxylation is 2. The van der Waals surface area contributed by atoms with Crippen LogP contribution in [0.2, 0.25) is 0 Å². The molecule has 0 saturated heterocycles. The fourth-order valence-electron chi connectivity index (χ4n) is 2.76. The maximum absolute atomic E-state index is 13.6. The third-order valence-electron chi connectivity index (χ3n) is 4.15. The van der Waals surface area contributed by atoms with Crippen LogP contribution in [0.1, 0.15) is 46.4 Å². The topological polar surface area (TPSA) is 62.2 Å². The summed E-state index contributed by atoms with van der Waals surface area (Å²) in [5, 5.41) is 13.0. The average Bonchev–Trinajstić information content (AvgIpc) is 2.59. The van der Waals surface area contributed by atoms with Crippen LogP contribution in [0.25, 0.3) is 0 Å². The summed E-state index contributed by atoms with van der Waals surface area (Å²) in [6.45, 7) is 1.16. The van der Waals surface area contributed by atoms with Gasteiger partial charge >= 0.3 is 12.1 Å². The molecule has 4 nitrogen and oxygen atoms in total. The molecule has 2 aromatic rings. The lowest BCUT2D eigenvalue weighted by Gasteiger charge is -2.16. The van der Waals surface area contributed by atoms with Gasteiger partial charge in [-0.2, -0.15) is 13.2 Å². The van der Waals surface area contributed by atoms with Crippen LogP contribution in [-0.4, -0.2) is 21.4 Å². The molecule has 0 aliphatic carbocycles. The zero-order valence-electron chi connectivity index (χ0n) is 15.0. The van der Waals surface area contributed by atoms with Crippen LogP contribution in [0.3, 0.4) is 0 Å². The third-order valence-corrected chi connectivity index (χ3v) is 4.71. The van der Waals surface area contributed by atoms with Gasteiger partial charge in [-0.05, 0) is 56.0 Å². The molecule has 1 heterocycles. The van der Waals surface area contributed by atoms with Crippen molar-refractivity contribution >= 4 is 33.4 Å². The minimum Gasteiger partial charge on any atom is -0.478 e. The molecule has 1 aromatic carbocycles. The van der Waals surface area contributed by atoms with Crippen molar-refractivity contribution in [3.63, 3.8) is 0 Å². The van der Waals surface area contributed by atoms with Crippen molar-refractivity contribution in [1.29, 1.82) is 0 Å². The molecule has 0 aliphatic heterocycles. The number of halogens is 5. The number of carboxylic acid groups (broad SMARTS) is 1. The number of pyridine rings is 1. The molecule has 28 heavy (non-hydrogen) atoms. The van der Waals surface area contributed by atoms with Crippen LogP contribution >= 0.6 is 15.9 Å². The van der Waals surface area contributed by atoms with E-state index in [1.807, 2.05) is 0 Å². The number of nitrogens with one attached hydrogen (secondary N) is 1. The van der Waals surface area contributed by atoms with E-state index in [9.17, 15) is 27.5 Å². The highest BCUT2D eigenvalue weighted by Gasteiger charge is 2.35. The molecule has 0 spiro atoms. The number of unbranched alkanes of at least 4 members (excludes halogenated alkanes) is 2. The molecule has 1 aromatic heterocycles. The van der Waals surface area contributed by atoms with Crippen molar-refractivity contribution in [2.24, 2.45) is 0 Å². The quantitative estimate of drug-likeness (QED) is 0.282. The first kappa shape index (κ1) is 22.1. The normalized spacial score (nSPS) is 11.5. The van der Waals surface area contributed by atoms with E-state index in [1.54, 1.807) is 0 Å². The van der Waals surface area contributed by atoms with Crippen molar-refractivity contribution < 1.29 is 27.5 Å². The number of alkyl halides is 4. The SMILES string of the molecule is Cc1nc(Nc2ccc(F)cc2CCCCCBr)c(C(=O)O)cc1C(F)(F)F. The van der Waals surface area contributed by atoms with E-state index in [2.05, 4.69) is 26.2 Å². The maximum atomic E-state index is 13.6. The standard InChI is InChI=1S/C19H19BrF4N2O2/c1-11-15(19(22,23)24)10-14(18(27)28)17(25-11)26-16-7-6-13(21)9-12(16)5-3-2-4-8-20/h6-7,9-10H,2-5,8H2,1H3,(H,25,26)(H,27,28). The number of anilines is 2. The zero-order valence-corrected chi connectivity index (χ0v) is 16.6. The van der Waals surface area contributed by atoms with Crippen LogP contribution in [0.4, 0.5) is 29.1 Å². The van der Waals surface area contributed by atoms with Crippen molar-refractivity contribution in [3.8, 4) is 0 Å². The van der Waals surface area contributed by atoms with Gasteiger partial charge < -0.3 is 10.4 Å². The Morgan fingerprint density at radius 3 is 2.54 bits per heavy atom. The minimum atomic E-state index is -4.71. The van der Waals surface area contributed by atoms with Gasteiger partial charge in [0.1, 0.15) is 17.2 Å². The molecular weight excluding hydrogens is 444 g/mol. The predicted molar refractivity (Wildman–Crippen MR) is 102 cm³/mol. The number of aromatic nitrogens is 1. The second-order valence-corrected chi connectivity index (χ2v) is 7.04. The Balaban J connectivity index is 2.39. The van der Waals surface area contributed by atoms with Crippen LogP contribution in [0, 0.1) is 12.7 Å². The Labute approximate surface area is 168 Å². The van der Waals surface area contributed by atoms with Gasteiger partial charge in [-0.25, -0.2) is 14.2 Å². The largest absolute Gasteiger partial charge is 0.478 e. The van der Waals surface area contributed by atoms with E-state index >= 15 is 0 Å². The molecule has 0 radical (unpaired) electrons. The predicted octanol–water partition coefficient (Wildman–Crippen LogP) is 6.10. The number of aromatic carboxylic acids is 1. The lowest BCUT2D eigenvalue weighted by molar-refractivity contribution is -0.138. The molecule has 152 valence electrons. The van der Waals surface area contributed by atoms with Crippen LogP contribution < -0.4 is 5.32 Å². The highest BCUT2D eigenvalue weighted by atomic mass is 79.9. The molecule has 9 heteroatoms. The van der Waals surface area contributed by atoms with Crippen molar-refractivity contribution in [2.45, 2.75) is 38.8 Å². The summed E-state index contributed by atoms with van der Waals surface area (Å²) < 4.78 is 52.8. The summed E-state index contributed by atoms with van der Waals surface area (Å²) in [7, 11) is 0. The van der Waals surface area contributed by atoms with Gasteiger partial charge in [-0.15, -0.1) is 0 Å². The first-order valence-electron chi connectivity index (χ1n) is 8.57. The Morgan fingerprint density at radius 2 is 1.93 bits per heavy atom. The Bertz CT molecular complexity index is 857. The number of rotatable bonds is 8. The molecule has 0 saturated carbocycles. The smallest absolute Gasteiger partial charge is 0.418 e. The first-order valence-corrected chi connectivity index (χ1v) is 9.69. The van der Waals surface area contributed by atoms with Crippen LogP contribution in [0.5, 0.6) is 0 Å². The Hall–Kier alpha value is -2.16. The van der Waals surface area contributed by atoms with Crippen LogP contribution in [0.15, 0.2) is 24.3 Å². The van der Waals surface area contributed by atoms with E-state index in [0.29, 0.717) is 23.7 Å². The summed E-state index contributed by atoms with van der Waals surface area (Å²) in [6.07, 6.45) is -1.51. The lowest BCUT2D eigenvalue weighted by Crippen LogP contribution is -2.14. The molecule has 0 atom stereocenters. The monoisotopic (exact) mass is 462 g/mol. The molecule has 0 fully saturated rings. The highest BCUT2D eigenvalue weighted by molar-refractivity contribution is 9.09. The zero-order chi connectivity index (χ0) is 20.9. The molecule has 0 bridgehead atoms. The summed E-state index contributed by atoms with van der Waals surface area (Å²) in [5.74, 6) is -2.20. The summed E-state index contributed by atoms with van der Waals surface area (Å²) >= 11 is 3.34. The van der Waals surface area contributed by atoms with E-state index in [0.717, 1.165) is 31.5 Å². The van der Waals surface area contributed by atoms with E-state index < -0.39 is 29.1 Å². The molecule has 2 N–H and O–H groups in total. The fourth-order valence-corrected chi connectivity index (χ4v) is 3.15. The van der Waals surface area contributed by atoms with Gasteiger partial charge in [0.05, 0.1) is 11.3 Å². The van der Waals surface area contributed by atoms with Gasteiger partial charge in [0.15, 0.2) is 0 Å². The second kappa shape index (κ2) is 9.36. The lowest BCUT2D eigenvalue weighted by atomic mass is 10.0. The van der Waals surface area contributed by atoms with Gasteiger partial charge in [-0.3, -0.25) is 0 Å². The van der Waals surface area contributed by atoms with Crippen LogP contribution in [-0.2, 0) is 12.6 Å². The van der Waals surface area contributed by atoms with E-state index in [4.69, 9.17) is 0 Å². The summed E-state index contributed by atoms with van der Waals surface area (Å²) in [4.78, 5) is 15.3. The molecular formula is C19H19BrF4N2O2. The van der Waals surface area contributed by atoms with Gasteiger partial charge in [-0.1, -0.05) is 22.4 Å².